The Bertz CT molecular complexity index is 196. The lowest BCUT2D eigenvalue weighted by atomic mass is 9.93. The summed E-state index contributed by atoms with van der Waals surface area (Å²) < 4.78 is 5.16. The predicted octanol–water partition coefficient (Wildman–Crippen LogP) is 0.363. The number of hydrogen-bond donors (Lipinski definition) is 1. The van der Waals surface area contributed by atoms with Crippen molar-refractivity contribution in [2.75, 3.05) is 26.3 Å². The molecular weight excluding hydrogens is 180 g/mol. The number of carbonyl (C=O) groups excluding carboxylic acids is 1. The number of likely N-dealkylation sites (tertiary alicyclic amines) is 1. The van der Waals surface area contributed by atoms with Crippen LogP contribution >= 0.6 is 0 Å². The maximum Gasteiger partial charge on any atom is 0.222 e. The van der Waals surface area contributed by atoms with Crippen LogP contribution in [0.4, 0.5) is 0 Å². The molecule has 0 radical (unpaired) electrons. The Morgan fingerprint density at radius 2 is 2.21 bits per heavy atom. The molecule has 0 spiro atoms. The van der Waals surface area contributed by atoms with Crippen molar-refractivity contribution in [3.05, 3.63) is 0 Å². The summed E-state index contributed by atoms with van der Waals surface area (Å²) in [7, 11) is 0. The van der Waals surface area contributed by atoms with E-state index >= 15 is 0 Å². The SMILES string of the molecule is CCOCCCC(=O)N1CC(C)(N)C1. The van der Waals surface area contributed by atoms with Crippen molar-refractivity contribution < 1.29 is 9.53 Å². The van der Waals surface area contributed by atoms with Crippen molar-refractivity contribution in [1.82, 2.24) is 4.90 Å². The molecule has 0 aromatic heterocycles. The van der Waals surface area contributed by atoms with Gasteiger partial charge in [0.25, 0.3) is 0 Å². The normalized spacial score (nSPS) is 19.2. The van der Waals surface area contributed by atoms with Crippen LogP contribution in [0.25, 0.3) is 0 Å². The number of rotatable bonds is 5. The van der Waals surface area contributed by atoms with Gasteiger partial charge in [-0.15, -0.1) is 0 Å². The van der Waals surface area contributed by atoms with Crippen molar-refractivity contribution in [2.45, 2.75) is 32.2 Å². The molecule has 0 unspecified atom stereocenters. The fourth-order valence-electron chi connectivity index (χ4n) is 1.63. The van der Waals surface area contributed by atoms with Crippen LogP contribution in [0.1, 0.15) is 26.7 Å². The molecule has 2 N–H and O–H groups in total. The van der Waals surface area contributed by atoms with Gasteiger partial charge in [-0.05, 0) is 20.3 Å². The van der Waals surface area contributed by atoms with Gasteiger partial charge in [0.1, 0.15) is 0 Å². The monoisotopic (exact) mass is 200 g/mol. The molecule has 0 atom stereocenters. The van der Waals surface area contributed by atoms with Gasteiger partial charge in [0.05, 0.1) is 0 Å². The lowest BCUT2D eigenvalue weighted by molar-refractivity contribution is -0.138. The Morgan fingerprint density at radius 3 is 2.71 bits per heavy atom. The highest BCUT2D eigenvalue weighted by Gasteiger charge is 2.37. The second kappa shape index (κ2) is 4.75. The molecule has 1 fully saturated rings. The minimum absolute atomic E-state index is 0.157. The van der Waals surface area contributed by atoms with Crippen LogP contribution in [-0.2, 0) is 9.53 Å². The molecule has 0 aromatic carbocycles. The topological polar surface area (TPSA) is 55.6 Å². The molecule has 0 aliphatic carbocycles. The summed E-state index contributed by atoms with van der Waals surface area (Å²) in [6.45, 7) is 6.71. The van der Waals surface area contributed by atoms with Gasteiger partial charge < -0.3 is 15.4 Å². The van der Waals surface area contributed by atoms with Gasteiger partial charge in [0.2, 0.25) is 5.91 Å². The molecule has 1 saturated heterocycles. The Kier molecular flexibility index (Phi) is 3.89. The molecule has 1 aliphatic rings. The zero-order chi connectivity index (χ0) is 10.6. The molecule has 14 heavy (non-hydrogen) atoms. The minimum atomic E-state index is -0.157. The lowest BCUT2D eigenvalue weighted by Crippen LogP contribution is -2.66. The molecule has 0 bridgehead atoms. The first kappa shape index (κ1) is 11.5. The third-order valence-corrected chi connectivity index (χ3v) is 2.34. The van der Waals surface area contributed by atoms with Crippen LogP contribution in [0.5, 0.6) is 0 Å². The fourth-order valence-corrected chi connectivity index (χ4v) is 1.63. The van der Waals surface area contributed by atoms with E-state index in [2.05, 4.69) is 0 Å². The van der Waals surface area contributed by atoms with E-state index in [9.17, 15) is 4.79 Å². The molecule has 82 valence electrons. The largest absolute Gasteiger partial charge is 0.382 e. The molecule has 1 heterocycles. The summed E-state index contributed by atoms with van der Waals surface area (Å²) in [5.74, 6) is 0.202. The highest BCUT2D eigenvalue weighted by molar-refractivity contribution is 5.77. The van der Waals surface area contributed by atoms with Crippen molar-refractivity contribution in [3.8, 4) is 0 Å². The predicted molar refractivity (Wildman–Crippen MR) is 54.9 cm³/mol. The Morgan fingerprint density at radius 1 is 1.57 bits per heavy atom. The molecule has 4 heteroatoms. The van der Waals surface area contributed by atoms with Gasteiger partial charge in [-0.1, -0.05) is 0 Å². The first-order valence-electron chi connectivity index (χ1n) is 5.19. The molecule has 4 nitrogen and oxygen atoms in total. The standard InChI is InChI=1S/C10H20N2O2/c1-3-14-6-4-5-9(13)12-7-10(2,11)8-12/h3-8,11H2,1-2H3. The molecule has 1 aliphatic heterocycles. The third kappa shape index (κ3) is 3.27. The van der Waals surface area contributed by atoms with E-state index in [0.717, 1.165) is 13.0 Å². The number of hydrogen-bond acceptors (Lipinski definition) is 3. The van der Waals surface area contributed by atoms with Gasteiger partial charge >= 0.3 is 0 Å². The number of nitrogens with two attached hydrogens (primary N) is 1. The highest BCUT2D eigenvalue weighted by Crippen LogP contribution is 2.18. The van der Waals surface area contributed by atoms with Gasteiger partial charge in [-0.2, -0.15) is 0 Å². The third-order valence-electron chi connectivity index (χ3n) is 2.34. The van der Waals surface area contributed by atoms with Crippen LogP contribution in [0, 0.1) is 0 Å². The van der Waals surface area contributed by atoms with Crippen LogP contribution < -0.4 is 5.73 Å². The van der Waals surface area contributed by atoms with E-state index in [-0.39, 0.29) is 11.4 Å². The lowest BCUT2D eigenvalue weighted by Gasteiger charge is -2.45. The maximum absolute atomic E-state index is 11.5. The van der Waals surface area contributed by atoms with E-state index in [1.165, 1.54) is 0 Å². The minimum Gasteiger partial charge on any atom is -0.382 e. The van der Waals surface area contributed by atoms with Crippen molar-refractivity contribution in [2.24, 2.45) is 5.73 Å². The van der Waals surface area contributed by atoms with Crippen molar-refractivity contribution in [3.63, 3.8) is 0 Å². The van der Waals surface area contributed by atoms with Gasteiger partial charge in [-0.3, -0.25) is 4.79 Å². The molecule has 0 saturated carbocycles. The van der Waals surface area contributed by atoms with Crippen LogP contribution in [0.15, 0.2) is 0 Å². The zero-order valence-corrected chi connectivity index (χ0v) is 9.08. The summed E-state index contributed by atoms with van der Waals surface area (Å²) >= 11 is 0. The second-order valence-corrected chi connectivity index (χ2v) is 4.20. The van der Waals surface area contributed by atoms with E-state index in [0.29, 0.717) is 26.1 Å². The average molecular weight is 200 g/mol. The van der Waals surface area contributed by atoms with Crippen molar-refractivity contribution in [1.29, 1.82) is 0 Å². The maximum atomic E-state index is 11.5. The van der Waals surface area contributed by atoms with E-state index in [4.69, 9.17) is 10.5 Å². The number of nitrogens with zero attached hydrogens (tertiary/aromatic N) is 1. The first-order chi connectivity index (χ1) is 6.55. The zero-order valence-electron chi connectivity index (χ0n) is 9.08. The summed E-state index contributed by atoms with van der Waals surface area (Å²) in [6, 6.07) is 0. The first-order valence-corrected chi connectivity index (χ1v) is 5.19. The summed E-state index contributed by atoms with van der Waals surface area (Å²) in [5.41, 5.74) is 5.65. The average Bonchev–Trinajstić information content (AvgIpc) is 2.08. The number of ether oxygens (including phenoxy) is 1. The quantitative estimate of drug-likeness (QED) is 0.652. The van der Waals surface area contributed by atoms with E-state index in [1.54, 1.807) is 0 Å². The second-order valence-electron chi connectivity index (χ2n) is 4.20. The molecule has 1 amide bonds. The van der Waals surface area contributed by atoms with Crippen LogP contribution in [0.2, 0.25) is 0 Å². The van der Waals surface area contributed by atoms with Gasteiger partial charge in [0.15, 0.2) is 0 Å². The van der Waals surface area contributed by atoms with Crippen LogP contribution in [0.3, 0.4) is 0 Å². The van der Waals surface area contributed by atoms with Gasteiger partial charge in [0, 0.05) is 38.3 Å². The van der Waals surface area contributed by atoms with Gasteiger partial charge in [-0.25, -0.2) is 0 Å². The summed E-state index contributed by atoms with van der Waals surface area (Å²) in [5, 5.41) is 0. The Hall–Kier alpha value is -0.610. The molecule has 0 aromatic rings. The van der Waals surface area contributed by atoms with E-state index in [1.807, 2.05) is 18.7 Å². The Labute approximate surface area is 85.4 Å². The smallest absolute Gasteiger partial charge is 0.222 e. The summed E-state index contributed by atoms with van der Waals surface area (Å²) in [6.07, 6.45) is 1.39. The number of carbonyl (C=O) groups is 1. The van der Waals surface area contributed by atoms with E-state index < -0.39 is 0 Å². The highest BCUT2D eigenvalue weighted by atomic mass is 16.5. The molecule has 1 rings (SSSR count). The number of amides is 1. The fraction of sp³-hybridized carbons (Fsp3) is 0.900. The van der Waals surface area contributed by atoms with Crippen LogP contribution in [-0.4, -0.2) is 42.6 Å². The molecular formula is C10H20N2O2. The Balaban J connectivity index is 2.06. The summed E-state index contributed by atoms with van der Waals surface area (Å²) in [4.78, 5) is 13.3. The van der Waals surface area contributed by atoms with Crippen molar-refractivity contribution >= 4 is 5.91 Å².